The Kier molecular flexibility index (Phi) is 13.4. The molecule has 13 nitrogen and oxygen atoms in total. The van der Waals surface area contributed by atoms with Crippen LogP contribution in [0.4, 0.5) is 0 Å². The molecule has 18 atom stereocenters. The highest BCUT2D eigenvalue weighted by Gasteiger charge is 2.78. The van der Waals surface area contributed by atoms with Crippen molar-refractivity contribution in [2.24, 2.45) is 74.9 Å². The average Bonchev–Trinajstić information content (AvgIpc) is 4.09. The van der Waals surface area contributed by atoms with Gasteiger partial charge >= 0.3 is 5.97 Å². The molecule has 2 saturated heterocycles. The first kappa shape index (κ1) is 51.9. The van der Waals surface area contributed by atoms with E-state index in [1.54, 1.807) is 38.2 Å². The zero-order valence-corrected chi connectivity index (χ0v) is 44.2. The maximum atomic E-state index is 14.2. The molecule has 13 heteroatoms. The Morgan fingerprint density at radius 2 is 1.07 bits per heavy atom. The van der Waals surface area contributed by atoms with Crippen LogP contribution in [0.2, 0.25) is 0 Å². The van der Waals surface area contributed by atoms with Crippen LogP contribution in [0.15, 0.2) is 47.6 Å². The van der Waals surface area contributed by atoms with Gasteiger partial charge in [0, 0.05) is 45.3 Å². The minimum Gasteiger partial charge on any atom is -0.457 e. The number of rotatable bonds is 8. The smallest absolute Gasteiger partial charge is 0.308 e. The van der Waals surface area contributed by atoms with E-state index in [4.69, 9.17) is 23.7 Å². The molecule has 0 bridgehead atoms. The topological polar surface area (TPSA) is 192 Å². The fourth-order valence-corrected chi connectivity index (χ4v) is 19.0. The molecule has 12 aliphatic rings. The minimum absolute atomic E-state index is 0.0100. The molecule has 2 aliphatic heterocycles. The molecule has 10 fully saturated rings. The van der Waals surface area contributed by atoms with E-state index >= 15 is 0 Å². The largest absolute Gasteiger partial charge is 0.457 e. The molecule has 8 saturated carbocycles. The van der Waals surface area contributed by atoms with Gasteiger partial charge in [0.15, 0.2) is 47.7 Å². The van der Waals surface area contributed by atoms with Gasteiger partial charge < -0.3 is 39.0 Å². The van der Waals surface area contributed by atoms with E-state index in [0.29, 0.717) is 19.3 Å². The maximum absolute atomic E-state index is 14.2. The second kappa shape index (κ2) is 18.8. The SMILES string of the molecule is CC(C)C(=O)OCC(=O)C12OC(C3CCCCC3)OC1CC1C3CCC4=CC(=O)C=CC4(C)C3C(O)CC12C.CC12C=CC(=O)C=C1CCC1C2C(O)CC2(C)C1CC1OC(C3CCCCC3)OC12C(=O)CO. The van der Waals surface area contributed by atoms with Crippen molar-refractivity contribution in [3.8, 4) is 0 Å². The van der Waals surface area contributed by atoms with Gasteiger partial charge in [-0.2, -0.15) is 0 Å². The van der Waals surface area contributed by atoms with E-state index in [0.717, 1.165) is 94.6 Å². The number of allylic oxidation sites excluding steroid dienone is 8. The second-order valence-electron chi connectivity index (χ2n) is 26.2. The van der Waals surface area contributed by atoms with Crippen molar-refractivity contribution >= 4 is 29.1 Å². The molecule has 12 rings (SSSR count). The molecule has 0 spiro atoms. The van der Waals surface area contributed by atoms with Crippen molar-refractivity contribution in [2.45, 2.75) is 205 Å². The summed E-state index contributed by atoms with van der Waals surface area (Å²) in [5, 5.41) is 33.6. The molecular formula is C60H82O13. The molecule has 0 radical (unpaired) electrons. The highest BCUT2D eigenvalue weighted by atomic mass is 16.8. The molecule has 0 aromatic carbocycles. The lowest BCUT2D eigenvalue weighted by molar-refractivity contribution is -0.210. The lowest BCUT2D eigenvalue weighted by atomic mass is 9.46. The van der Waals surface area contributed by atoms with E-state index in [1.165, 1.54) is 12.8 Å². The number of Topliss-reactive ketones (excluding diaryl/α,β-unsaturated/α-hetero) is 2. The number of ether oxygens (including phenoxy) is 5. The standard InChI is InChI=1S/C32H44O7.C28H38O6/c1-18(2)28(36)37-17-25(35)32-26(38-29(39-32)19-8-6-5-7-9-19)15-23-22-11-10-20-14-21(33)12-13-30(20,3)27(22)24(34)16-31(23,32)4;1-26-11-10-18(30)12-17(26)8-9-19-20-13-23-28(22(32)15-29,27(20,2)14-21(31)24(19)26)34-25(33-23)16-6-4-3-5-7-16/h12-14,18-19,22-24,26-27,29,34H,5-11,15-17H2,1-4H3;10-12,16,19-21,23-25,29,31H,3-9,13-15H2,1-2H3. The van der Waals surface area contributed by atoms with Gasteiger partial charge in [0.1, 0.15) is 6.61 Å². The van der Waals surface area contributed by atoms with Gasteiger partial charge in [-0.25, -0.2) is 0 Å². The number of fused-ring (bicyclic) bond motifs is 14. The van der Waals surface area contributed by atoms with Gasteiger partial charge in [-0.15, -0.1) is 0 Å². The van der Waals surface area contributed by atoms with Crippen molar-refractivity contribution < 1.29 is 63.0 Å². The molecule has 0 amide bonds. The van der Waals surface area contributed by atoms with Gasteiger partial charge in [0.2, 0.25) is 5.78 Å². The first-order valence-corrected chi connectivity index (χ1v) is 28.5. The number of esters is 1. The van der Waals surface area contributed by atoms with Crippen molar-refractivity contribution in [3.63, 3.8) is 0 Å². The molecule has 2 heterocycles. The van der Waals surface area contributed by atoms with Crippen LogP contribution in [0.5, 0.6) is 0 Å². The summed E-state index contributed by atoms with van der Waals surface area (Å²) in [5.41, 5.74) is -2.22. The fraction of sp³-hybridized carbons (Fsp3) is 0.783. The van der Waals surface area contributed by atoms with Crippen LogP contribution in [0.3, 0.4) is 0 Å². The number of hydrogen-bond donors (Lipinski definition) is 3. The third-order valence-electron chi connectivity index (χ3n) is 22.4. The van der Waals surface area contributed by atoms with Gasteiger partial charge in [-0.05, 0) is 125 Å². The summed E-state index contributed by atoms with van der Waals surface area (Å²) in [4.78, 5) is 64.3. The number of hydrogen-bond acceptors (Lipinski definition) is 13. The first-order valence-electron chi connectivity index (χ1n) is 28.5. The predicted octanol–water partition coefficient (Wildman–Crippen LogP) is 8.20. The Morgan fingerprint density at radius 3 is 1.48 bits per heavy atom. The van der Waals surface area contributed by atoms with Crippen molar-refractivity contribution in [1.82, 2.24) is 0 Å². The van der Waals surface area contributed by atoms with Gasteiger partial charge in [-0.1, -0.05) is 103 Å². The van der Waals surface area contributed by atoms with Crippen LogP contribution in [-0.2, 0) is 47.7 Å². The van der Waals surface area contributed by atoms with Gasteiger partial charge in [-0.3, -0.25) is 24.0 Å². The average molecular weight is 1010 g/mol. The first-order chi connectivity index (χ1) is 34.8. The fourth-order valence-electron chi connectivity index (χ4n) is 19.0. The molecule has 0 aromatic rings. The number of carbonyl (C=O) groups excluding carboxylic acids is 5. The number of aliphatic hydroxyl groups excluding tert-OH is 3. The zero-order chi connectivity index (χ0) is 51.6. The molecular weight excluding hydrogens is 929 g/mol. The zero-order valence-electron chi connectivity index (χ0n) is 44.2. The Morgan fingerprint density at radius 1 is 0.644 bits per heavy atom. The molecule has 400 valence electrons. The van der Waals surface area contributed by atoms with Crippen LogP contribution in [0, 0.1) is 74.9 Å². The van der Waals surface area contributed by atoms with Crippen molar-refractivity contribution in [1.29, 1.82) is 0 Å². The summed E-state index contributed by atoms with van der Waals surface area (Å²) in [6.45, 7) is 11.1. The predicted molar refractivity (Wildman–Crippen MR) is 268 cm³/mol. The Hall–Kier alpha value is -3.17. The maximum Gasteiger partial charge on any atom is 0.308 e. The number of aliphatic hydroxyl groups is 3. The highest BCUT2D eigenvalue weighted by molar-refractivity contribution is 6.02. The van der Waals surface area contributed by atoms with Crippen LogP contribution in [0.25, 0.3) is 0 Å². The molecule has 18 unspecified atom stereocenters. The lowest BCUT2D eigenvalue weighted by Gasteiger charge is -2.59. The summed E-state index contributed by atoms with van der Waals surface area (Å²) in [5.74, 6) is -0.110. The highest BCUT2D eigenvalue weighted by Crippen LogP contribution is 2.72. The number of ketones is 4. The van der Waals surface area contributed by atoms with Gasteiger partial charge in [0.05, 0.1) is 30.3 Å². The monoisotopic (exact) mass is 1010 g/mol. The summed E-state index contributed by atoms with van der Waals surface area (Å²) < 4.78 is 32.3. The van der Waals surface area contributed by atoms with Crippen LogP contribution in [-0.4, -0.2) is 106 Å². The van der Waals surface area contributed by atoms with Crippen LogP contribution >= 0.6 is 0 Å². The van der Waals surface area contributed by atoms with E-state index < -0.39 is 65.5 Å². The quantitative estimate of drug-likeness (QED) is 0.197. The summed E-state index contributed by atoms with van der Waals surface area (Å²) >= 11 is 0. The summed E-state index contributed by atoms with van der Waals surface area (Å²) in [7, 11) is 0. The van der Waals surface area contributed by atoms with E-state index in [9.17, 15) is 39.3 Å². The Labute approximate surface area is 431 Å². The Bertz CT molecular complexity index is 2370. The normalized spacial score (nSPS) is 47.6. The van der Waals surface area contributed by atoms with E-state index in [-0.39, 0.29) is 99.9 Å². The minimum atomic E-state index is -1.25. The van der Waals surface area contributed by atoms with Crippen molar-refractivity contribution in [2.75, 3.05) is 13.2 Å². The second-order valence-corrected chi connectivity index (χ2v) is 26.2. The van der Waals surface area contributed by atoms with Crippen LogP contribution < -0.4 is 0 Å². The lowest BCUT2D eigenvalue weighted by Crippen LogP contribution is -2.63. The molecule has 0 aromatic heterocycles. The molecule has 73 heavy (non-hydrogen) atoms. The third kappa shape index (κ3) is 7.70. The molecule has 3 N–H and O–H groups in total. The van der Waals surface area contributed by atoms with Crippen molar-refractivity contribution in [3.05, 3.63) is 47.6 Å². The third-order valence-corrected chi connectivity index (χ3v) is 22.4. The van der Waals surface area contributed by atoms with E-state index in [2.05, 4.69) is 27.7 Å². The Balaban J connectivity index is 0.000000159. The summed E-state index contributed by atoms with van der Waals surface area (Å²) in [6, 6.07) is 0. The van der Waals surface area contributed by atoms with Gasteiger partial charge in [0.25, 0.3) is 0 Å². The van der Waals surface area contributed by atoms with E-state index in [1.807, 2.05) is 12.2 Å². The molecule has 10 aliphatic carbocycles. The van der Waals surface area contributed by atoms with Crippen LogP contribution in [0.1, 0.15) is 157 Å². The summed E-state index contributed by atoms with van der Waals surface area (Å²) in [6.07, 6.45) is 24.7. The number of carbonyl (C=O) groups is 5.